The number of nitrogens with one attached hydrogen (secondary N) is 1. The molecule has 0 aliphatic rings. The van der Waals surface area contributed by atoms with Gasteiger partial charge < -0.3 is 10.6 Å². The third-order valence-corrected chi connectivity index (χ3v) is 3.98. The van der Waals surface area contributed by atoms with Crippen LogP contribution >= 0.6 is 11.6 Å². The van der Waals surface area contributed by atoms with Gasteiger partial charge in [0.25, 0.3) is 5.91 Å². The third kappa shape index (κ3) is 4.86. The van der Waals surface area contributed by atoms with E-state index in [1.54, 1.807) is 0 Å². The maximum absolute atomic E-state index is 12.1. The van der Waals surface area contributed by atoms with Crippen LogP contribution in [-0.2, 0) is 4.79 Å². The Balaban J connectivity index is 1.81. The highest BCUT2D eigenvalue weighted by molar-refractivity contribution is 6.30. The molecule has 0 aromatic heterocycles. The molecule has 1 amide bonds. The Hall–Kier alpha value is -1.84. The lowest BCUT2D eigenvalue weighted by Crippen LogP contribution is -2.87. The summed E-state index contributed by atoms with van der Waals surface area (Å²) < 4.78 is 0. The molecule has 2 atom stereocenters. The summed E-state index contributed by atoms with van der Waals surface area (Å²) >= 11 is 5.89. The van der Waals surface area contributed by atoms with Crippen molar-refractivity contribution in [3.05, 3.63) is 70.7 Å². The number of carbonyl (C=O) groups is 1. The predicted molar refractivity (Wildman–Crippen MR) is 89.7 cm³/mol. The summed E-state index contributed by atoms with van der Waals surface area (Å²) in [5.74, 6) is 0.0390. The fourth-order valence-corrected chi connectivity index (χ4v) is 2.44. The fourth-order valence-electron chi connectivity index (χ4n) is 2.31. The molecular weight excluding hydrogens is 296 g/mol. The molecule has 0 fully saturated rings. The average Bonchev–Trinajstić information content (AvgIpc) is 2.54. The highest BCUT2D eigenvalue weighted by Gasteiger charge is 2.13. The molecule has 116 valence electrons. The van der Waals surface area contributed by atoms with Crippen molar-refractivity contribution in [2.75, 3.05) is 6.54 Å². The molecule has 0 unspecified atom stereocenters. The molecule has 0 aliphatic heterocycles. The highest BCUT2D eigenvalue weighted by atomic mass is 35.5. The third-order valence-electron chi connectivity index (χ3n) is 3.73. The lowest BCUT2D eigenvalue weighted by Gasteiger charge is -2.15. The first-order valence-corrected chi connectivity index (χ1v) is 7.87. The van der Waals surface area contributed by atoms with Crippen LogP contribution in [0.25, 0.3) is 0 Å². The van der Waals surface area contributed by atoms with Crippen molar-refractivity contribution in [2.24, 2.45) is 0 Å². The van der Waals surface area contributed by atoms with Crippen LogP contribution in [0.3, 0.4) is 0 Å². The van der Waals surface area contributed by atoms with Crippen LogP contribution in [-0.4, -0.2) is 12.5 Å². The Morgan fingerprint density at radius 3 is 2.32 bits per heavy atom. The zero-order valence-corrected chi connectivity index (χ0v) is 13.7. The van der Waals surface area contributed by atoms with Gasteiger partial charge in [-0.15, -0.1) is 0 Å². The van der Waals surface area contributed by atoms with E-state index in [-0.39, 0.29) is 18.0 Å². The minimum absolute atomic E-state index is 0.0212. The predicted octanol–water partition coefficient (Wildman–Crippen LogP) is 2.84. The van der Waals surface area contributed by atoms with Gasteiger partial charge in [0.2, 0.25) is 0 Å². The van der Waals surface area contributed by atoms with Gasteiger partial charge in [-0.05, 0) is 31.5 Å². The van der Waals surface area contributed by atoms with Crippen molar-refractivity contribution < 1.29 is 10.1 Å². The summed E-state index contributed by atoms with van der Waals surface area (Å²) in [6, 6.07) is 17.9. The number of hydrogen-bond donors (Lipinski definition) is 2. The number of amides is 1. The standard InChI is InChI=1S/C18H21ClN2O/c1-13(16-8-10-17(19)11-9-16)20-12-18(22)21-14(2)15-6-4-3-5-7-15/h3-11,13-14,20H,12H2,1-2H3,(H,21,22)/p+1/t13-,14+/m0/s1. The van der Waals surface area contributed by atoms with Crippen molar-refractivity contribution >= 4 is 17.5 Å². The molecule has 2 rings (SSSR count). The van der Waals surface area contributed by atoms with Crippen LogP contribution in [0.1, 0.15) is 37.1 Å². The van der Waals surface area contributed by atoms with Crippen LogP contribution in [0.5, 0.6) is 0 Å². The summed E-state index contributed by atoms with van der Waals surface area (Å²) in [4.78, 5) is 12.1. The van der Waals surface area contributed by atoms with Crippen LogP contribution in [0.15, 0.2) is 54.6 Å². The zero-order valence-electron chi connectivity index (χ0n) is 12.9. The van der Waals surface area contributed by atoms with Gasteiger partial charge in [-0.25, -0.2) is 0 Å². The molecule has 0 spiro atoms. The van der Waals surface area contributed by atoms with E-state index in [0.29, 0.717) is 6.54 Å². The van der Waals surface area contributed by atoms with Crippen LogP contribution in [0, 0.1) is 0 Å². The van der Waals surface area contributed by atoms with Crippen LogP contribution in [0.4, 0.5) is 0 Å². The van der Waals surface area contributed by atoms with Gasteiger partial charge in [-0.1, -0.05) is 54.1 Å². The highest BCUT2D eigenvalue weighted by Crippen LogP contribution is 2.13. The Labute approximate surface area is 136 Å². The van der Waals surface area contributed by atoms with Crippen molar-refractivity contribution in [1.82, 2.24) is 5.32 Å². The van der Waals surface area contributed by atoms with Gasteiger partial charge in [0.05, 0.1) is 6.04 Å². The first-order valence-electron chi connectivity index (χ1n) is 7.49. The van der Waals surface area contributed by atoms with E-state index in [2.05, 4.69) is 12.2 Å². The van der Waals surface area contributed by atoms with E-state index < -0.39 is 0 Å². The molecule has 0 saturated carbocycles. The SMILES string of the molecule is C[C@H]([NH2+]CC(=O)N[C@H](C)c1ccccc1)c1ccc(Cl)cc1. The maximum Gasteiger partial charge on any atom is 0.275 e. The van der Waals surface area contributed by atoms with E-state index in [0.717, 1.165) is 16.1 Å². The summed E-state index contributed by atoms with van der Waals surface area (Å²) in [5, 5.41) is 5.77. The zero-order chi connectivity index (χ0) is 15.9. The largest absolute Gasteiger partial charge is 0.345 e. The molecule has 0 aliphatic carbocycles. The van der Waals surface area contributed by atoms with Gasteiger partial charge in [-0.2, -0.15) is 0 Å². The molecule has 3 N–H and O–H groups in total. The number of quaternary nitrogens is 1. The first kappa shape index (κ1) is 16.5. The van der Waals surface area contributed by atoms with E-state index in [1.807, 2.05) is 66.8 Å². The van der Waals surface area contributed by atoms with Gasteiger partial charge in [-0.3, -0.25) is 4.79 Å². The molecule has 0 saturated heterocycles. The normalized spacial score (nSPS) is 13.4. The lowest BCUT2D eigenvalue weighted by molar-refractivity contribution is -0.682. The summed E-state index contributed by atoms with van der Waals surface area (Å²) in [6.07, 6.45) is 0. The lowest BCUT2D eigenvalue weighted by atomic mass is 10.1. The molecule has 4 heteroatoms. The Bertz CT molecular complexity index is 598. The van der Waals surface area contributed by atoms with Crippen molar-refractivity contribution in [1.29, 1.82) is 0 Å². The minimum Gasteiger partial charge on any atom is -0.345 e. The second-order valence-corrected chi connectivity index (χ2v) is 5.92. The van der Waals surface area contributed by atoms with Crippen molar-refractivity contribution in [3.63, 3.8) is 0 Å². The van der Waals surface area contributed by atoms with E-state index >= 15 is 0 Å². The number of benzene rings is 2. The van der Waals surface area contributed by atoms with Crippen LogP contribution < -0.4 is 10.6 Å². The number of halogens is 1. The second kappa shape index (κ2) is 7.97. The molecule has 0 radical (unpaired) electrons. The molecule has 2 aromatic carbocycles. The summed E-state index contributed by atoms with van der Waals surface area (Å²) in [7, 11) is 0. The van der Waals surface area contributed by atoms with E-state index in [9.17, 15) is 4.79 Å². The molecule has 0 heterocycles. The fraction of sp³-hybridized carbons (Fsp3) is 0.278. The van der Waals surface area contributed by atoms with Crippen molar-refractivity contribution in [3.8, 4) is 0 Å². The van der Waals surface area contributed by atoms with Crippen molar-refractivity contribution in [2.45, 2.75) is 25.9 Å². The molecule has 22 heavy (non-hydrogen) atoms. The smallest absolute Gasteiger partial charge is 0.275 e. The van der Waals surface area contributed by atoms with Gasteiger partial charge in [0, 0.05) is 10.6 Å². The van der Waals surface area contributed by atoms with Gasteiger partial charge >= 0.3 is 0 Å². The van der Waals surface area contributed by atoms with E-state index in [4.69, 9.17) is 11.6 Å². The summed E-state index contributed by atoms with van der Waals surface area (Å²) in [5.41, 5.74) is 2.27. The topological polar surface area (TPSA) is 45.7 Å². The van der Waals surface area contributed by atoms with E-state index in [1.165, 1.54) is 0 Å². The number of rotatable bonds is 6. The second-order valence-electron chi connectivity index (χ2n) is 5.48. The number of nitrogens with two attached hydrogens (primary N) is 1. The number of hydrogen-bond acceptors (Lipinski definition) is 1. The number of carbonyl (C=O) groups excluding carboxylic acids is 1. The summed E-state index contributed by atoms with van der Waals surface area (Å²) in [6.45, 7) is 4.48. The van der Waals surface area contributed by atoms with Gasteiger partial charge in [0.1, 0.15) is 6.04 Å². The Kier molecular flexibility index (Phi) is 5.99. The maximum atomic E-state index is 12.1. The molecule has 3 nitrogen and oxygen atoms in total. The monoisotopic (exact) mass is 317 g/mol. The Morgan fingerprint density at radius 2 is 1.68 bits per heavy atom. The Morgan fingerprint density at radius 1 is 1.05 bits per heavy atom. The first-order chi connectivity index (χ1) is 10.6. The van der Waals surface area contributed by atoms with Crippen LogP contribution in [0.2, 0.25) is 5.02 Å². The molecule has 2 aromatic rings. The minimum atomic E-state index is 0.0212. The molecular formula is C18H22ClN2O+. The average molecular weight is 318 g/mol. The molecule has 0 bridgehead atoms. The van der Waals surface area contributed by atoms with Gasteiger partial charge in [0.15, 0.2) is 6.54 Å². The quantitative estimate of drug-likeness (QED) is 0.845.